The number of benzene rings is 2. The largest absolute Gasteiger partial charge is 0.477 e. The number of rotatable bonds is 6. The van der Waals surface area contributed by atoms with E-state index in [1.165, 1.54) is 12.8 Å². The highest BCUT2D eigenvalue weighted by atomic mass is 35.5. The van der Waals surface area contributed by atoms with Gasteiger partial charge in [-0.05, 0) is 36.6 Å². The second kappa shape index (κ2) is 8.16. The van der Waals surface area contributed by atoms with Crippen LogP contribution in [0.25, 0.3) is 10.9 Å². The van der Waals surface area contributed by atoms with Gasteiger partial charge in [-0.3, -0.25) is 0 Å². The van der Waals surface area contributed by atoms with E-state index in [0.717, 1.165) is 34.9 Å². The minimum atomic E-state index is -0.956. The average molecular weight is 417 g/mol. The molecule has 1 aliphatic rings. The fraction of sp³-hybridized carbons (Fsp3) is 0.318. The number of hydrogen-bond donors (Lipinski definition) is 2. The van der Waals surface area contributed by atoms with Crippen molar-refractivity contribution in [3.05, 3.63) is 69.3 Å². The number of carbonyl (C=O) groups is 1. The van der Waals surface area contributed by atoms with Crippen LogP contribution < -0.4 is 5.32 Å². The topological polar surface area (TPSA) is 54.3 Å². The minimum absolute atomic E-state index is 0.272. The van der Waals surface area contributed by atoms with Crippen molar-refractivity contribution < 1.29 is 9.90 Å². The van der Waals surface area contributed by atoms with Crippen molar-refractivity contribution >= 4 is 40.1 Å². The number of fused-ring (bicyclic) bond motifs is 1. The average Bonchev–Trinajstić information content (AvgIpc) is 3.29. The first-order valence-corrected chi connectivity index (χ1v) is 10.3. The van der Waals surface area contributed by atoms with E-state index in [4.69, 9.17) is 23.2 Å². The van der Waals surface area contributed by atoms with E-state index in [2.05, 4.69) is 5.32 Å². The number of halogens is 2. The fourth-order valence-corrected chi connectivity index (χ4v) is 4.67. The van der Waals surface area contributed by atoms with Crippen LogP contribution in [-0.4, -0.2) is 21.7 Å². The molecule has 4 nitrogen and oxygen atoms in total. The standard InChI is InChI=1S/C22H22Cl2N2O2/c23-17-9-4-1-6-14(17)13-26-19-11-5-10-18(24)20(19)16(21(26)22(27)28)12-25-15-7-2-3-8-15/h1,4-6,9-11,15,25H,2-3,7-8,12-13H2,(H,27,28). The maximum atomic E-state index is 12.3. The normalized spacial score (nSPS) is 14.8. The third-order valence-corrected chi connectivity index (χ3v) is 6.24. The monoisotopic (exact) mass is 416 g/mol. The number of carboxylic acids is 1. The van der Waals surface area contributed by atoms with E-state index in [1.54, 1.807) is 0 Å². The molecule has 1 aliphatic carbocycles. The van der Waals surface area contributed by atoms with Crippen LogP contribution in [0.2, 0.25) is 10.0 Å². The van der Waals surface area contributed by atoms with Crippen LogP contribution in [0.15, 0.2) is 42.5 Å². The summed E-state index contributed by atoms with van der Waals surface area (Å²) in [5.74, 6) is -0.956. The lowest BCUT2D eigenvalue weighted by atomic mass is 10.1. The quantitative estimate of drug-likeness (QED) is 0.539. The van der Waals surface area contributed by atoms with Gasteiger partial charge in [0.15, 0.2) is 0 Å². The van der Waals surface area contributed by atoms with Crippen LogP contribution in [0.5, 0.6) is 0 Å². The summed E-state index contributed by atoms with van der Waals surface area (Å²) in [6.45, 7) is 0.865. The molecule has 1 heterocycles. The van der Waals surface area contributed by atoms with Crippen LogP contribution in [0.3, 0.4) is 0 Å². The van der Waals surface area contributed by atoms with E-state index in [-0.39, 0.29) is 5.69 Å². The van der Waals surface area contributed by atoms with Crippen molar-refractivity contribution in [2.24, 2.45) is 0 Å². The van der Waals surface area contributed by atoms with E-state index < -0.39 is 5.97 Å². The molecule has 0 radical (unpaired) electrons. The molecule has 1 fully saturated rings. The van der Waals surface area contributed by atoms with E-state index >= 15 is 0 Å². The maximum absolute atomic E-state index is 12.3. The molecule has 0 amide bonds. The predicted octanol–water partition coefficient (Wildman–Crippen LogP) is 5.73. The molecule has 1 saturated carbocycles. The molecule has 2 aromatic carbocycles. The van der Waals surface area contributed by atoms with Crippen molar-refractivity contribution in [3.8, 4) is 0 Å². The molecule has 146 valence electrons. The molecule has 0 bridgehead atoms. The van der Waals surface area contributed by atoms with Gasteiger partial charge in [0, 0.05) is 35.1 Å². The number of aromatic carboxylic acids is 1. The first-order chi connectivity index (χ1) is 13.6. The number of nitrogens with one attached hydrogen (secondary N) is 1. The zero-order valence-corrected chi connectivity index (χ0v) is 16.9. The van der Waals surface area contributed by atoms with Crippen molar-refractivity contribution in [2.45, 2.75) is 44.8 Å². The lowest BCUT2D eigenvalue weighted by molar-refractivity contribution is 0.0684. The van der Waals surface area contributed by atoms with Crippen LogP contribution in [0.1, 0.15) is 47.3 Å². The van der Waals surface area contributed by atoms with Gasteiger partial charge in [-0.1, -0.05) is 60.3 Å². The Labute approximate surface area is 174 Å². The van der Waals surface area contributed by atoms with E-state index in [1.807, 2.05) is 47.0 Å². The molecule has 28 heavy (non-hydrogen) atoms. The van der Waals surface area contributed by atoms with Gasteiger partial charge in [-0.25, -0.2) is 4.79 Å². The molecule has 3 aromatic rings. The third kappa shape index (κ3) is 3.64. The summed E-state index contributed by atoms with van der Waals surface area (Å²) in [6, 6.07) is 13.5. The third-order valence-electron chi connectivity index (χ3n) is 5.55. The van der Waals surface area contributed by atoms with Crippen molar-refractivity contribution in [3.63, 3.8) is 0 Å². The van der Waals surface area contributed by atoms with Crippen LogP contribution in [0, 0.1) is 0 Å². The molecular formula is C22H22Cl2N2O2. The molecule has 0 saturated heterocycles. The Morgan fingerprint density at radius 2 is 1.79 bits per heavy atom. The second-order valence-corrected chi connectivity index (χ2v) is 8.12. The maximum Gasteiger partial charge on any atom is 0.352 e. The van der Waals surface area contributed by atoms with Gasteiger partial charge in [-0.2, -0.15) is 0 Å². The highest BCUT2D eigenvalue weighted by Crippen LogP contribution is 2.34. The SMILES string of the molecule is O=C(O)c1c(CNC2CCCC2)c2c(Cl)cccc2n1Cc1ccccc1Cl. The zero-order chi connectivity index (χ0) is 19.7. The Morgan fingerprint density at radius 3 is 2.50 bits per heavy atom. The zero-order valence-electron chi connectivity index (χ0n) is 15.4. The first kappa shape index (κ1) is 19.3. The molecule has 2 N–H and O–H groups in total. The molecule has 6 heteroatoms. The molecule has 4 rings (SSSR count). The minimum Gasteiger partial charge on any atom is -0.477 e. The number of nitrogens with zero attached hydrogens (tertiary/aromatic N) is 1. The highest BCUT2D eigenvalue weighted by Gasteiger charge is 2.25. The Bertz CT molecular complexity index is 1020. The first-order valence-electron chi connectivity index (χ1n) is 9.56. The molecule has 0 atom stereocenters. The molecule has 0 spiro atoms. The number of carboxylic acid groups (broad SMARTS) is 1. The van der Waals surface area contributed by atoms with Crippen LogP contribution in [-0.2, 0) is 13.1 Å². The second-order valence-electron chi connectivity index (χ2n) is 7.31. The number of aromatic nitrogens is 1. The summed E-state index contributed by atoms with van der Waals surface area (Å²) >= 11 is 12.9. The van der Waals surface area contributed by atoms with Gasteiger partial charge in [-0.15, -0.1) is 0 Å². The smallest absolute Gasteiger partial charge is 0.352 e. The predicted molar refractivity (Wildman–Crippen MR) is 114 cm³/mol. The van der Waals surface area contributed by atoms with E-state index in [9.17, 15) is 9.90 Å². The summed E-state index contributed by atoms with van der Waals surface area (Å²) in [5, 5.41) is 15.6. The van der Waals surface area contributed by atoms with E-state index in [0.29, 0.717) is 29.2 Å². The summed E-state index contributed by atoms with van der Waals surface area (Å²) in [7, 11) is 0. The van der Waals surface area contributed by atoms with Crippen molar-refractivity contribution in [1.29, 1.82) is 0 Å². The van der Waals surface area contributed by atoms with Gasteiger partial charge in [0.2, 0.25) is 0 Å². The summed E-state index contributed by atoms with van der Waals surface area (Å²) in [5.41, 5.74) is 2.70. The molecule has 0 aliphatic heterocycles. The van der Waals surface area contributed by atoms with Gasteiger partial charge >= 0.3 is 5.97 Å². The van der Waals surface area contributed by atoms with Gasteiger partial charge in [0.25, 0.3) is 0 Å². The summed E-state index contributed by atoms with van der Waals surface area (Å²) in [4.78, 5) is 12.3. The van der Waals surface area contributed by atoms with Gasteiger partial charge < -0.3 is 15.0 Å². The Kier molecular flexibility index (Phi) is 5.63. The Morgan fingerprint density at radius 1 is 1.07 bits per heavy atom. The lowest BCUT2D eigenvalue weighted by Gasteiger charge is -2.13. The Balaban J connectivity index is 1.83. The summed E-state index contributed by atoms with van der Waals surface area (Å²) < 4.78 is 1.82. The molecule has 1 aromatic heterocycles. The van der Waals surface area contributed by atoms with Crippen LogP contribution in [0.4, 0.5) is 0 Å². The molecular weight excluding hydrogens is 395 g/mol. The molecule has 0 unspecified atom stereocenters. The van der Waals surface area contributed by atoms with Gasteiger partial charge in [0.1, 0.15) is 5.69 Å². The highest BCUT2D eigenvalue weighted by molar-refractivity contribution is 6.36. The van der Waals surface area contributed by atoms with Gasteiger partial charge in [0.05, 0.1) is 10.5 Å². The fourth-order valence-electron chi connectivity index (χ4n) is 4.19. The lowest BCUT2D eigenvalue weighted by Crippen LogP contribution is -2.26. The Hall–Kier alpha value is -2.01. The van der Waals surface area contributed by atoms with Crippen LogP contribution >= 0.6 is 23.2 Å². The number of hydrogen-bond acceptors (Lipinski definition) is 2. The summed E-state index contributed by atoms with van der Waals surface area (Å²) in [6.07, 6.45) is 4.71. The van der Waals surface area contributed by atoms with Crippen molar-refractivity contribution in [2.75, 3.05) is 0 Å². The van der Waals surface area contributed by atoms with Crippen molar-refractivity contribution in [1.82, 2.24) is 9.88 Å².